The van der Waals surface area contributed by atoms with Crippen molar-refractivity contribution < 1.29 is 19.1 Å². The number of amidine groups is 1. The molecule has 0 saturated carbocycles. The first kappa shape index (κ1) is 27.0. The molecule has 3 aliphatic heterocycles. The number of hydrogen-bond acceptors (Lipinski definition) is 7. The maximum Gasteiger partial charge on any atom is 0.338 e. The third-order valence-corrected chi connectivity index (χ3v) is 7.65. The zero-order valence-corrected chi connectivity index (χ0v) is 23.6. The zero-order chi connectivity index (χ0) is 27.1. The molecule has 1 aromatic rings. The predicted molar refractivity (Wildman–Crippen MR) is 146 cm³/mol. The number of benzene rings is 1. The fourth-order valence-electron chi connectivity index (χ4n) is 4.85. The van der Waals surface area contributed by atoms with Gasteiger partial charge in [0, 0.05) is 38.8 Å². The summed E-state index contributed by atoms with van der Waals surface area (Å²) in [4.78, 5) is 48.9. The second-order valence-corrected chi connectivity index (χ2v) is 11.7. The lowest BCUT2D eigenvalue weighted by Crippen LogP contribution is -2.50. The standard InChI is InChI=1S/C28H36N4O4S/c1-17-8-9-18(2)22(14-17)25-24(26(35)36-28(5,6)7)19(3)29-27-32(25)21(16-37-27)15-23(34)31-12-10-30(11-13-31)20(4)33/h8-9,14,16,25H,10-13,15H2,1-7H3. The molecule has 37 heavy (non-hydrogen) atoms. The lowest BCUT2D eigenvalue weighted by atomic mass is 9.89. The van der Waals surface area contributed by atoms with Gasteiger partial charge in [0.25, 0.3) is 0 Å². The molecule has 1 atom stereocenters. The van der Waals surface area contributed by atoms with Gasteiger partial charge in [0.05, 0.1) is 23.7 Å². The second-order valence-electron chi connectivity index (χ2n) is 10.8. The Hall–Kier alpha value is -3.07. The number of thioether (sulfide) groups is 1. The van der Waals surface area contributed by atoms with Crippen molar-refractivity contribution in [2.75, 3.05) is 26.2 Å². The van der Waals surface area contributed by atoms with Crippen LogP contribution in [0.5, 0.6) is 0 Å². The molecule has 8 nitrogen and oxygen atoms in total. The molecule has 0 aliphatic carbocycles. The number of allylic oxidation sites excluding steroid dienone is 1. The summed E-state index contributed by atoms with van der Waals surface area (Å²) in [5, 5.41) is 2.71. The van der Waals surface area contributed by atoms with Crippen LogP contribution >= 0.6 is 11.8 Å². The number of carbonyl (C=O) groups excluding carboxylic acids is 3. The van der Waals surface area contributed by atoms with Crippen molar-refractivity contribution in [2.24, 2.45) is 4.99 Å². The van der Waals surface area contributed by atoms with E-state index < -0.39 is 17.6 Å². The molecule has 4 rings (SSSR count). The lowest BCUT2D eigenvalue weighted by molar-refractivity contribution is -0.150. The minimum Gasteiger partial charge on any atom is -0.456 e. The highest BCUT2D eigenvalue weighted by atomic mass is 32.2. The summed E-state index contributed by atoms with van der Waals surface area (Å²) in [5.41, 5.74) is 4.39. The van der Waals surface area contributed by atoms with E-state index in [0.717, 1.165) is 27.6 Å². The van der Waals surface area contributed by atoms with Crippen LogP contribution in [0.2, 0.25) is 0 Å². The lowest BCUT2D eigenvalue weighted by Gasteiger charge is -2.38. The fourth-order valence-corrected chi connectivity index (χ4v) is 5.81. The maximum atomic E-state index is 13.5. The Morgan fingerprint density at radius 2 is 1.70 bits per heavy atom. The molecule has 2 amide bonds. The minimum atomic E-state index is -0.656. The maximum absolute atomic E-state index is 13.5. The number of amides is 2. The van der Waals surface area contributed by atoms with Crippen molar-refractivity contribution in [3.8, 4) is 0 Å². The number of nitrogens with zero attached hydrogens (tertiary/aromatic N) is 4. The van der Waals surface area contributed by atoms with E-state index in [1.807, 2.05) is 56.8 Å². The number of esters is 1. The molecule has 1 fully saturated rings. The Labute approximate surface area is 223 Å². The molecule has 3 aliphatic rings. The van der Waals surface area contributed by atoms with Crippen molar-refractivity contribution in [1.29, 1.82) is 0 Å². The van der Waals surface area contributed by atoms with Crippen molar-refractivity contribution >= 4 is 34.7 Å². The molecule has 1 saturated heterocycles. The van der Waals surface area contributed by atoms with E-state index in [0.29, 0.717) is 37.4 Å². The van der Waals surface area contributed by atoms with Gasteiger partial charge in [0.2, 0.25) is 11.8 Å². The second kappa shape index (κ2) is 10.4. The summed E-state index contributed by atoms with van der Waals surface area (Å²) in [5.74, 6) is -0.368. The number of aliphatic imine (C=N–C) groups is 1. The number of hydrogen-bond donors (Lipinski definition) is 0. The van der Waals surface area contributed by atoms with Gasteiger partial charge in [-0.3, -0.25) is 9.59 Å². The molecule has 0 aromatic heterocycles. The number of piperazine rings is 1. The Morgan fingerprint density at radius 1 is 1.05 bits per heavy atom. The highest BCUT2D eigenvalue weighted by Crippen LogP contribution is 2.46. The zero-order valence-electron chi connectivity index (χ0n) is 22.8. The van der Waals surface area contributed by atoms with E-state index >= 15 is 0 Å². The largest absolute Gasteiger partial charge is 0.456 e. The number of ether oxygens (including phenoxy) is 1. The van der Waals surface area contributed by atoms with Crippen LogP contribution in [0.25, 0.3) is 0 Å². The topological polar surface area (TPSA) is 82.5 Å². The number of carbonyl (C=O) groups is 3. The van der Waals surface area contributed by atoms with Gasteiger partial charge in [-0.15, -0.1) is 0 Å². The van der Waals surface area contributed by atoms with Gasteiger partial charge in [-0.25, -0.2) is 9.79 Å². The van der Waals surface area contributed by atoms with Crippen LogP contribution in [-0.2, 0) is 19.1 Å². The van der Waals surface area contributed by atoms with Gasteiger partial charge < -0.3 is 19.4 Å². The molecule has 1 aromatic carbocycles. The average molecular weight is 525 g/mol. The normalized spacial score (nSPS) is 20.0. The molecule has 0 bridgehead atoms. The summed E-state index contributed by atoms with van der Waals surface area (Å²) >= 11 is 1.47. The summed E-state index contributed by atoms with van der Waals surface area (Å²) in [6.07, 6.45) is 0.189. The highest BCUT2D eigenvalue weighted by Gasteiger charge is 2.42. The van der Waals surface area contributed by atoms with Crippen LogP contribution in [-0.4, -0.2) is 69.4 Å². The van der Waals surface area contributed by atoms with Crippen LogP contribution in [0, 0.1) is 13.8 Å². The van der Waals surface area contributed by atoms with E-state index in [1.54, 1.807) is 11.8 Å². The summed E-state index contributed by atoms with van der Waals surface area (Å²) in [6, 6.07) is 5.76. The number of fused-ring (bicyclic) bond motifs is 1. The highest BCUT2D eigenvalue weighted by molar-refractivity contribution is 8.16. The van der Waals surface area contributed by atoms with Gasteiger partial charge in [-0.1, -0.05) is 35.5 Å². The minimum absolute atomic E-state index is 0.00103. The third kappa shape index (κ3) is 5.76. The monoisotopic (exact) mass is 524 g/mol. The van der Waals surface area contributed by atoms with E-state index in [4.69, 9.17) is 9.73 Å². The fraction of sp³-hybridized carbons (Fsp3) is 0.500. The van der Waals surface area contributed by atoms with Gasteiger partial charge in [-0.05, 0) is 58.1 Å². The van der Waals surface area contributed by atoms with Crippen LogP contribution in [0.4, 0.5) is 0 Å². The van der Waals surface area contributed by atoms with Crippen molar-refractivity contribution in [2.45, 2.75) is 66.5 Å². The van der Waals surface area contributed by atoms with E-state index in [9.17, 15) is 14.4 Å². The molecule has 0 N–H and O–H groups in total. The van der Waals surface area contributed by atoms with E-state index in [2.05, 4.69) is 18.2 Å². The predicted octanol–water partition coefficient (Wildman–Crippen LogP) is 4.30. The quantitative estimate of drug-likeness (QED) is 0.546. The molecular formula is C28H36N4O4S. The first-order valence-electron chi connectivity index (χ1n) is 12.6. The molecule has 198 valence electrons. The van der Waals surface area contributed by atoms with Crippen LogP contribution < -0.4 is 0 Å². The summed E-state index contributed by atoms with van der Waals surface area (Å²) in [6.45, 7) is 15.2. The molecule has 3 heterocycles. The van der Waals surface area contributed by atoms with Gasteiger partial charge in [0.15, 0.2) is 5.17 Å². The average Bonchev–Trinajstić information content (AvgIpc) is 3.20. The van der Waals surface area contributed by atoms with Crippen molar-refractivity contribution in [3.05, 3.63) is 57.3 Å². The number of aryl methyl sites for hydroxylation is 2. The van der Waals surface area contributed by atoms with Crippen LogP contribution in [0.3, 0.4) is 0 Å². The Kier molecular flexibility index (Phi) is 7.55. The first-order valence-corrected chi connectivity index (χ1v) is 13.5. The molecule has 1 unspecified atom stereocenters. The molecular weight excluding hydrogens is 488 g/mol. The Bertz CT molecular complexity index is 1220. The van der Waals surface area contributed by atoms with Gasteiger partial charge in [0.1, 0.15) is 5.60 Å². The van der Waals surface area contributed by atoms with Gasteiger partial charge in [-0.2, -0.15) is 0 Å². The van der Waals surface area contributed by atoms with Crippen LogP contribution in [0.15, 0.2) is 45.6 Å². The van der Waals surface area contributed by atoms with E-state index in [1.165, 1.54) is 11.8 Å². The smallest absolute Gasteiger partial charge is 0.338 e. The molecule has 0 spiro atoms. The first-order chi connectivity index (χ1) is 17.4. The third-order valence-electron chi connectivity index (χ3n) is 6.76. The molecule has 9 heteroatoms. The number of rotatable bonds is 4. The Morgan fingerprint density at radius 3 is 2.32 bits per heavy atom. The summed E-state index contributed by atoms with van der Waals surface area (Å²) in [7, 11) is 0. The van der Waals surface area contributed by atoms with Gasteiger partial charge >= 0.3 is 5.97 Å². The molecule has 0 radical (unpaired) electrons. The van der Waals surface area contributed by atoms with Crippen molar-refractivity contribution in [3.63, 3.8) is 0 Å². The Balaban J connectivity index is 1.67. The van der Waals surface area contributed by atoms with Crippen LogP contribution in [0.1, 0.15) is 63.8 Å². The summed E-state index contributed by atoms with van der Waals surface area (Å²) < 4.78 is 5.83. The SMILES string of the molecule is CC(=O)N1CCN(C(=O)CC2=CSC3=NC(C)=C(C(=O)OC(C)(C)C)C(c4cc(C)ccc4C)N23)CC1. The van der Waals surface area contributed by atoms with Crippen molar-refractivity contribution in [1.82, 2.24) is 14.7 Å². The van der Waals surface area contributed by atoms with E-state index in [-0.39, 0.29) is 18.2 Å².